The highest BCUT2D eigenvalue weighted by Crippen LogP contribution is 2.12. The molecule has 5 nitrogen and oxygen atoms in total. The number of aromatic nitrogens is 1. The molecule has 0 unspecified atom stereocenters. The monoisotopic (exact) mass is 276 g/mol. The van der Waals surface area contributed by atoms with Crippen molar-refractivity contribution in [3.63, 3.8) is 0 Å². The van der Waals surface area contributed by atoms with Crippen molar-refractivity contribution >= 4 is 11.7 Å². The fourth-order valence-corrected chi connectivity index (χ4v) is 2.36. The Hall–Kier alpha value is -1.62. The van der Waals surface area contributed by atoms with Crippen LogP contribution in [0, 0.1) is 0 Å². The summed E-state index contributed by atoms with van der Waals surface area (Å²) in [5, 5.41) is 3.30. The first-order valence-corrected chi connectivity index (χ1v) is 7.34. The Morgan fingerprint density at radius 3 is 3.05 bits per heavy atom. The fraction of sp³-hybridized carbons (Fsp3) is 0.600. The summed E-state index contributed by atoms with van der Waals surface area (Å²) in [7, 11) is 1.88. The van der Waals surface area contributed by atoms with E-state index in [0.717, 1.165) is 44.8 Å². The van der Waals surface area contributed by atoms with Crippen LogP contribution in [0.3, 0.4) is 0 Å². The highest BCUT2D eigenvalue weighted by Gasteiger charge is 2.18. The zero-order chi connectivity index (χ0) is 14.4. The summed E-state index contributed by atoms with van der Waals surface area (Å²) in [4.78, 5) is 20.2. The number of amides is 1. The molecule has 1 aromatic heterocycles. The summed E-state index contributed by atoms with van der Waals surface area (Å²) in [6, 6.07) is 4.10. The number of carbonyl (C=O) groups excluding carboxylic acids is 1. The number of nitrogens with zero attached hydrogens (tertiary/aromatic N) is 3. The molecule has 1 fully saturated rings. The molecular formula is C15H24N4O. The number of anilines is 1. The van der Waals surface area contributed by atoms with Crippen LogP contribution in [0.2, 0.25) is 0 Å². The van der Waals surface area contributed by atoms with Gasteiger partial charge in [-0.1, -0.05) is 6.92 Å². The third kappa shape index (κ3) is 4.20. The molecule has 1 amide bonds. The van der Waals surface area contributed by atoms with Gasteiger partial charge in [-0.2, -0.15) is 0 Å². The Morgan fingerprint density at radius 2 is 2.25 bits per heavy atom. The molecule has 110 valence electrons. The molecule has 0 saturated carbocycles. The van der Waals surface area contributed by atoms with Gasteiger partial charge in [0.2, 0.25) is 5.91 Å². The van der Waals surface area contributed by atoms with Gasteiger partial charge in [0, 0.05) is 39.4 Å². The van der Waals surface area contributed by atoms with Gasteiger partial charge in [-0.15, -0.1) is 0 Å². The zero-order valence-corrected chi connectivity index (χ0v) is 12.4. The van der Waals surface area contributed by atoms with Gasteiger partial charge in [-0.3, -0.25) is 9.69 Å². The van der Waals surface area contributed by atoms with E-state index in [1.54, 1.807) is 0 Å². The third-order valence-electron chi connectivity index (χ3n) is 3.54. The standard InChI is InChI=1S/C15H24N4O/c1-3-6-16-14-10-13(5-7-17-14)11-19-9-4-8-18(2)15(20)12-19/h5,7,10H,3-4,6,8-9,11-12H2,1-2H3,(H,16,17). The van der Waals surface area contributed by atoms with Crippen LogP contribution in [0.15, 0.2) is 18.3 Å². The van der Waals surface area contributed by atoms with Crippen LogP contribution in [-0.4, -0.2) is 53.9 Å². The first-order valence-electron chi connectivity index (χ1n) is 7.34. The number of carbonyl (C=O) groups is 1. The molecule has 1 aromatic rings. The number of rotatable bonds is 5. The minimum Gasteiger partial charge on any atom is -0.370 e. The predicted molar refractivity (Wildman–Crippen MR) is 80.5 cm³/mol. The average molecular weight is 276 g/mol. The van der Waals surface area contributed by atoms with E-state index in [-0.39, 0.29) is 5.91 Å². The van der Waals surface area contributed by atoms with Gasteiger partial charge in [-0.05, 0) is 30.5 Å². The smallest absolute Gasteiger partial charge is 0.236 e. The van der Waals surface area contributed by atoms with E-state index in [1.807, 2.05) is 24.2 Å². The lowest BCUT2D eigenvalue weighted by atomic mass is 10.2. The van der Waals surface area contributed by atoms with Crippen molar-refractivity contribution in [2.45, 2.75) is 26.3 Å². The summed E-state index contributed by atoms with van der Waals surface area (Å²) < 4.78 is 0. The Labute approximate surface area is 121 Å². The van der Waals surface area contributed by atoms with Crippen molar-refractivity contribution in [1.29, 1.82) is 0 Å². The van der Waals surface area contributed by atoms with Gasteiger partial charge in [0.1, 0.15) is 5.82 Å². The van der Waals surface area contributed by atoms with E-state index in [2.05, 4.69) is 28.2 Å². The molecule has 1 aliphatic heterocycles. The number of likely N-dealkylation sites (N-methyl/N-ethyl adjacent to an activating group) is 1. The molecule has 2 rings (SSSR count). The maximum absolute atomic E-state index is 11.9. The van der Waals surface area contributed by atoms with E-state index in [1.165, 1.54) is 5.56 Å². The van der Waals surface area contributed by atoms with Crippen molar-refractivity contribution < 1.29 is 4.79 Å². The SMILES string of the molecule is CCCNc1cc(CN2CCCN(C)C(=O)C2)ccn1. The first kappa shape index (κ1) is 14.8. The van der Waals surface area contributed by atoms with Gasteiger partial charge < -0.3 is 10.2 Å². The summed E-state index contributed by atoms with van der Waals surface area (Å²) in [5.74, 6) is 1.13. The molecule has 0 aromatic carbocycles. The molecular weight excluding hydrogens is 252 g/mol. The van der Waals surface area contributed by atoms with Gasteiger partial charge in [0.15, 0.2) is 0 Å². The second-order valence-electron chi connectivity index (χ2n) is 5.36. The summed E-state index contributed by atoms with van der Waals surface area (Å²) >= 11 is 0. The van der Waals surface area contributed by atoms with E-state index >= 15 is 0 Å². The lowest BCUT2D eigenvalue weighted by molar-refractivity contribution is -0.129. The highest BCUT2D eigenvalue weighted by molar-refractivity contribution is 5.78. The Morgan fingerprint density at radius 1 is 1.40 bits per heavy atom. The minimum atomic E-state index is 0.209. The van der Waals surface area contributed by atoms with E-state index in [4.69, 9.17) is 0 Å². The fourth-order valence-electron chi connectivity index (χ4n) is 2.36. The second kappa shape index (κ2) is 7.24. The maximum atomic E-state index is 11.9. The summed E-state index contributed by atoms with van der Waals surface area (Å²) in [5.41, 5.74) is 1.20. The molecule has 5 heteroatoms. The molecule has 20 heavy (non-hydrogen) atoms. The molecule has 2 heterocycles. The van der Waals surface area contributed by atoms with Crippen LogP contribution < -0.4 is 5.32 Å². The van der Waals surface area contributed by atoms with Gasteiger partial charge >= 0.3 is 0 Å². The maximum Gasteiger partial charge on any atom is 0.236 e. The predicted octanol–water partition coefficient (Wildman–Crippen LogP) is 1.57. The molecule has 0 radical (unpaired) electrons. The number of nitrogens with one attached hydrogen (secondary N) is 1. The van der Waals surface area contributed by atoms with Gasteiger partial charge in [-0.25, -0.2) is 4.98 Å². The second-order valence-corrected chi connectivity index (χ2v) is 5.36. The minimum absolute atomic E-state index is 0.209. The quantitative estimate of drug-likeness (QED) is 0.887. The number of hydrogen-bond donors (Lipinski definition) is 1. The normalized spacial score (nSPS) is 17.1. The molecule has 0 aliphatic carbocycles. The van der Waals surface area contributed by atoms with Crippen molar-refractivity contribution in [3.05, 3.63) is 23.9 Å². The van der Waals surface area contributed by atoms with Crippen LogP contribution >= 0.6 is 0 Å². The molecule has 0 bridgehead atoms. The molecule has 1 N–H and O–H groups in total. The van der Waals surface area contributed by atoms with Crippen LogP contribution in [0.1, 0.15) is 25.3 Å². The summed E-state index contributed by atoms with van der Waals surface area (Å²) in [6.07, 6.45) is 3.95. The molecule has 0 atom stereocenters. The van der Waals surface area contributed by atoms with Crippen LogP contribution in [0.25, 0.3) is 0 Å². The Balaban J connectivity index is 1.96. The zero-order valence-electron chi connectivity index (χ0n) is 12.4. The Kier molecular flexibility index (Phi) is 5.35. The largest absolute Gasteiger partial charge is 0.370 e. The van der Waals surface area contributed by atoms with Gasteiger partial charge in [0.05, 0.1) is 6.54 Å². The number of pyridine rings is 1. The van der Waals surface area contributed by atoms with Crippen molar-refractivity contribution in [3.8, 4) is 0 Å². The average Bonchev–Trinajstić information content (AvgIpc) is 2.59. The molecule has 1 aliphatic rings. The van der Waals surface area contributed by atoms with Crippen LogP contribution in [0.5, 0.6) is 0 Å². The van der Waals surface area contributed by atoms with E-state index in [0.29, 0.717) is 6.54 Å². The van der Waals surface area contributed by atoms with Crippen LogP contribution in [-0.2, 0) is 11.3 Å². The Bertz CT molecular complexity index is 449. The molecule has 0 spiro atoms. The van der Waals surface area contributed by atoms with Crippen molar-refractivity contribution in [1.82, 2.24) is 14.8 Å². The van der Waals surface area contributed by atoms with Crippen molar-refractivity contribution in [2.24, 2.45) is 0 Å². The lowest BCUT2D eigenvalue weighted by Gasteiger charge is -2.19. The highest BCUT2D eigenvalue weighted by atomic mass is 16.2. The molecule has 1 saturated heterocycles. The van der Waals surface area contributed by atoms with E-state index < -0.39 is 0 Å². The van der Waals surface area contributed by atoms with Gasteiger partial charge in [0.25, 0.3) is 0 Å². The third-order valence-corrected chi connectivity index (χ3v) is 3.54. The van der Waals surface area contributed by atoms with Crippen molar-refractivity contribution in [2.75, 3.05) is 38.5 Å². The summed E-state index contributed by atoms with van der Waals surface area (Å²) in [6.45, 7) is 6.21. The topological polar surface area (TPSA) is 48.5 Å². The lowest BCUT2D eigenvalue weighted by Crippen LogP contribution is -2.34. The first-order chi connectivity index (χ1) is 9.69. The number of hydrogen-bond acceptors (Lipinski definition) is 4. The van der Waals surface area contributed by atoms with Crippen LogP contribution in [0.4, 0.5) is 5.82 Å². The van der Waals surface area contributed by atoms with E-state index in [9.17, 15) is 4.79 Å².